The van der Waals surface area contributed by atoms with Crippen LogP contribution in [0.5, 0.6) is 0 Å². The average molecular weight is 341 g/mol. The summed E-state index contributed by atoms with van der Waals surface area (Å²) in [5.74, 6) is -0.125. The van der Waals surface area contributed by atoms with Gasteiger partial charge in [0, 0.05) is 31.4 Å². The first-order valence-electron chi connectivity index (χ1n) is 8.43. The molecule has 2 heterocycles. The van der Waals surface area contributed by atoms with E-state index in [1.54, 1.807) is 10.6 Å². The largest absolute Gasteiger partial charge is 0.379 e. The lowest BCUT2D eigenvalue weighted by atomic mass is 10.1. The van der Waals surface area contributed by atoms with E-state index in [1.807, 2.05) is 49.3 Å². The molecule has 1 fully saturated rings. The molecule has 1 aromatic heterocycles. The quantitative estimate of drug-likeness (QED) is 0.837. The number of benzene rings is 1. The summed E-state index contributed by atoms with van der Waals surface area (Å²) in [5, 5.41) is 1.87. The second-order valence-corrected chi connectivity index (χ2v) is 6.28. The molecule has 6 nitrogen and oxygen atoms in total. The Morgan fingerprint density at radius 2 is 1.76 bits per heavy atom. The molecule has 1 aromatic carbocycles. The summed E-state index contributed by atoms with van der Waals surface area (Å²) in [6.45, 7) is 4.62. The van der Waals surface area contributed by atoms with E-state index < -0.39 is 0 Å². The number of carbonyl (C=O) groups excluding carboxylic acids is 2. The van der Waals surface area contributed by atoms with Gasteiger partial charge in [0.15, 0.2) is 0 Å². The first-order valence-corrected chi connectivity index (χ1v) is 8.43. The first-order chi connectivity index (χ1) is 12.0. The molecule has 2 aromatic rings. The minimum Gasteiger partial charge on any atom is -0.379 e. The van der Waals surface area contributed by atoms with E-state index in [9.17, 15) is 9.59 Å². The van der Waals surface area contributed by atoms with E-state index in [2.05, 4.69) is 5.43 Å². The van der Waals surface area contributed by atoms with Crippen molar-refractivity contribution in [3.05, 3.63) is 58.9 Å². The summed E-state index contributed by atoms with van der Waals surface area (Å²) in [4.78, 5) is 24.9. The lowest BCUT2D eigenvalue weighted by Crippen LogP contribution is -2.48. The third-order valence-corrected chi connectivity index (χ3v) is 4.41. The second-order valence-electron chi connectivity index (χ2n) is 6.28. The van der Waals surface area contributed by atoms with Gasteiger partial charge in [-0.3, -0.25) is 15.0 Å². The fourth-order valence-corrected chi connectivity index (χ4v) is 2.87. The monoisotopic (exact) mass is 341 g/mol. The van der Waals surface area contributed by atoms with Crippen molar-refractivity contribution in [3.63, 3.8) is 0 Å². The Morgan fingerprint density at radius 1 is 1.08 bits per heavy atom. The van der Waals surface area contributed by atoms with E-state index in [1.165, 1.54) is 0 Å². The molecule has 0 saturated carbocycles. The number of hydrogen-bond acceptors (Lipinski definition) is 4. The van der Waals surface area contributed by atoms with Gasteiger partial charge in [-0.2, -0.15) is 0 Å². The maximum atomic E-state index is 12.7. The third-order valence-electron chi connectivity index (χ3n) is 4.41. The average Bonchev–Trinajstić information content (AvgIpc) is 2.96. The predicted octanol–water partition coefficient (Wildman–Crippen LogP) is 1.47. The van der Waals surface area contributed by atoms with Crippen LogP contribution in [0.3, 0.4) is 0 Å². The van der Waals surface area contributed by atoms with Gasteiger partial charge in [-0.15, -0.1) is 0 Å². The molecule has 1 saturated heterocycles. The zero-order valence-electron chi connectivity index (χ0n) is 14.6. The Bertz CT molecular complexity index is 759. The predicted molar refractivity (Wildman–Crippen MR) is 94.3 cm³/mol. The van der Waals surface area contributed by atoms with Crippen molar-refractivity contribution < 1.29 is 14.3 Å². The highest BCUT2D eigenvalue weighted by Gasteiger charge is 2.18. The summed E-state index contributed by atoms with van der Waals surface area (Å²) >= 11 is 0. The molecule has 132 valence electrons. The minimum absolute atomic E-state index is 0.0395. The highest BCUT2D eigenvalue weighted by molar-refractivity contribution is 6.08. The molecule has 1 amide bonds. The summed E-state index contributed by atoms with van der Waals surface area (Å²) < 4.78 is 7.06. The molecule has 0 spiro atoms. The SMILES string of the molecule is Cc1ccc(C(=O)c2ccc(CC(=O)NN3CCOCC3)n2C)cc1. The first kappa shape index (κ1) is 17.4. The number of rotatable bonds is 5. The molecule has 0 unspecified atom stereocenters. The number of ether oxygens (including phenoxy) is 1. The maximum Gasteiger partial charge on any atom is 0.240 e. The molecule has 0 bridgehead atoms. The van der Waals surface area contributed by atoms with Crippen LogP contribution in [-0.2, 0) is 23.0 Å². The Kier molecular flexibility index (Phi) is 5.31. The number of aromatic nitrogens is 1. The van der Waals surface area contributed by atoms with E-state index >= 15 is 0 Å². The zero-order valence-corrected chi connectivity index (χ0v) is 14.6. The second kappa shape index (κ2) is 7.63. The van der Waals surface area contributed by atoms with Crippen LogP contribution in [0.25, 0.3) is 0 Å². The van der Waals surface area contributed by atoms with Crippen molar-refractivity contribution in [1.82, 2.24) is 15.0 Å². The molecule has 1 N–H and O–H groups in total. The van der Waals surface area contributed by atoms with E-state index in [-0.39, 0.29) is 18.1 Å². The van der Waals surface area contributed by atoms with E-state index in [0.29, 0.717) is 37.6 Å². The van der Waals surface area contributed by atoms with Crippen molar-refractivity contribution in [1.29, 1.82) is 0 Å². The Balaban J connectivity index is 1.67. The number of carbonyl (C=O) groups is 2. The lowest BCUT2D eigenvalue weighted by molar-refractivity contribution is -0.127. The minimum atomic E-state index is -0.0857. The number of ketones is 1. The summed E-state index contributed by atoms with van der Waals surface area (Å²) in [6, 6.07) is 11.1. The lowest BCUT2D eigenvalue weighted by Gasteiger charge is -2.26. The van der Waals surface area contributed by atoms with Gasteiger partial charge in [-0.25, -0.2) is 5.01 Å². The summed E-state index contributed by atoms with van der Waals surface area (Å²) in [5.41, 5.74) is 6.04. The van der Waals surface area contributed by atoms with Gasteiger partial charge in [0.1, 0.15) is 0 Å². The smallest absolute Gasteiger partial charge is 0.240 e. The van der Waals surface area contributed by atoms with Crippen LogP contribution in [0.1, 0.15) is 27.3 Å². The molecular weight excluding hydrogens is 318 g/mol. The Hall–Kier alpha value is -2.44. The molecule has 1 aliphatic heterocycles. The highest BCUT2D eigenvalue weighted by atomic mass is 16.5. The van der Waals surface area contributed by atoms with Gasteiger partial charge in [0.25, 0.3) is 0 Å². The number of hydrazine groups is 1. The van der Waals surface area contributed by atoms with Gasteiger partial charge in [0.2, 0.25) is 11.7 Å². The number of aryl methyl sites for hydroxylation is 1. The summed E-state index contributed by atoms with van der Waals surface area (Å²) in [7, 11) is 1.82. The summed E-state index contributed by atoms with van der Waals surface area (Å²) in [6.07, 6.45) is 0.231. The molecular formula is C19H23N3O3. The van der Waals surface area contributed by atoms with Crippen molar-refractivity contribution >= 4 is 11.7 Å². The van der Waals surface area contributed by atoms with Crippen LogP contribution in [0.2, 0.25) is 0 Å². The van der Waals surface area contributed by atoms with Gasteiger partial charge in [0.05, 0.1) is 25.3 Å². The molecule has 3 rings (SSSR count). The zero-order chi connectivity index (χ0) is 17.8. The Morgan fingerprint density at radius 3 is 2.44 bits per heavy atom. The van der Waals surface area contributed by atoms with Crippen LogP contribution in [0, 0.1) is 6.92 Å². The Labute approximate surface area is 147 Å². The number of nitrogens with one attached hydrogen (secondary N) is 1. The molecule has 6 heteroatoms. The van der Waals surface area contributed by atoms with Crippen molar-refractivity contribution in [2.45, 2.75) is 13.3 Å². The van der Waals surface area contributed by atoms with Gasteiger partial charge in [-0.1, -0.05) is 29.8 Å². The fourth-order valence-electron chi connectivity index (χ4n) is 2.87. The van der Waals surface area contributed by atoms with Crippen molar-refractivity contribution in [2.75, 3.05) is 26.3 Å². The third kappa shape index (κ3) is 4.15. The highest BCUT2D eigenvalue weighted by Crippen LogP contribution is 2.14. The van der Waals surface area contributed by atoms with Crippen LogP contribution >= 0.6 is 0 Å². The van der Waals surface area contributed by atoms with Crippen LogP contribution < -0.4 is 5.43 Å². The molecule has 0 aliphatic carbocycles. The van der Waals surface area contributed by atoms with Gasteiger partial charge >= 0.3 is 0 Å². The maximum absolute atomic E-state index is 12.7. The van der Waals surface area contributed by atoms with Crippen LogP contribution in [0.4, 0.5) is 0 Å². The van der Waals surface area contributed by atoms with Gasteiger partial charge < -0.3 is 9.30 Å². The molecule has 0 atom stereocenters. The molecule has 25 heavy (non-hydrogen) atoms. The topological polar surface area (TPSA) is 63.6 Å². The van der Waals surface area contributed by atoms with Crippen LogP contribution in [-0.4, -0.2) is 47.6 Å². The van der Waals surface area contributed by atoms with Crippen LogP contribution in [0.15, 0.2) is 36.4 Å². The number of morpholine rings is 1. The van der Waals surface area contributed by atoms with E-state index in [0.717, 1.165) is 11.3 Å². The van der Waals surface area contributed by atoms with Gasteiger partial charge in [-0.05, 0) is 19.1 Å². The fraction of sp³-hybridized carbons (Fsp3) is 0.368. The molecule has 1 aliphatic rings. The normalized spacial score (nSPS) is 15.1. The number of amides is 1. The van der Waals surface area contributed by atoms with Crippen molar-refractivity contribution in [2.24, 2.45) is 7.05 Å². The van der Waals surface area contributed by atoms with Crippen molar-refractivity contribution in [3.8, 4) is 0 Å². The number of hydrogen-bond donors (Lipinski definition) is 1. The molecule has 0 radical (unpaired) electrons. The number of nitrogens with zero attached hydrogens (tertiary/aromatic N) is 2. The van der Waals surface area contributed by atoms with E-state index in [4.69, 9.17) is 4.74 Å². The standard InChI is InChI=1S/C19H23N3O3/c1-14-3-5-15(6-4-14)19(24)17-8-7-16(21(17)2)13-18(23)20-22-9-11-25-12-10-22/h3-8H,9-13H2,1-2H3,(H,20,23).